The lowest BCUT2D eigenvalue weighted by molar-refractivity contribution is 0.0468. The minimum atomic E-state index is 0.317. The fourth-order valence-corrected chi connectivity index (χ4v) is 1.82. The molecule has 1 aromatic rings. The van der Waals surface area contributed by atoms with E-state index in [4.69, 9.17) is 5.11 Å². The molecule has 3 nitrogen and oxygen atoms in total. The average molecular weight is 192 g/mol. The third kappa shape index (κ3) is 1.94. The molecule has 2 heterocycles. The lowest BCUT2D eigenvalue weighted by Gasteiger charge is -2.38. The van der Waals surface area contributed by atoms with Crippen LogP contribution in [0.3, 0.4) is 0 Å². The molecule has 1 aromatic heterocycles. The topological polar surface area (TPSA) is 36.4 Å². The van der Waals surface area contributed by atoms with Gasteiger partial charge in [-0.2, -0.15) is 0 Å². The highest BCUT2D eigenvalue weighted by Gasteiger charge is 2.26. The van der Waals surface area contributed by atoms with E-state index < -0.39 is 0 Å². The van der Waals surface area contributed by atoms with Crippen LogP contribution in [0.25, 0.3) is 0 Å². The van der Waals surface area contributed by atoms with Crippen LogP contribution in [0.2, 0.25) is 0 Å². The number of pyridine rings is 1. The highest BCUT2D eigenvalue weighted by atomic mass is 16.3. The number of rotatable bonds is 3. The van der Waals surface area contributed by atoms with Gasteiger partial charge >= 0.3 is 0 Å². The number of hydrogen-bond donors (Lipinski definition) is 1. The molecule has 1 fully saturated rings. The molecule has 1 aliphatic heterocycles. The van der Waals surface area contributed by atoms with E-state index in [2.05, 4.69) is 22.9 Å². The van der Waals surface area contributed by atoms with Crippen molar-refractivity contribution >= 4 is 0 Å². The zero-order valence-electron chi connectivity index (χ0n) is 8.48. The van der Waals surface area contributed by atoms with Crippen LogP contribution < -0.4 is 0 Å². The second kappa shape index (κ2) is 4.07. The number of aliphatic hydroxyl groups excluding tert-OH is 1. The highest BCUT2D eigenvalue weighted by molar-refractivity contribution is 5.17. The maximum absolute atomic E-state index is 8.88. The first kappa shape index (κ1) is 9.62. The molecule has 0 aliphatic carbocycles. The Bertz CT molecular complexity index is 308. The summed E-state index contributed by atoms with van der Waals surface area (Å²) in [6, 6.07) is 4.05. The van der Waals surface area contributed by atoms with Crippen LogP contribution in [0, 0.1) is 12.8 Å². The van der Waals surface area contributed by atoms with Crippen LogP contribution in [0.5, 0.6) is 0 Å². The lowest BCUT2D eigenvalue weighted by Crippen LogP contribution is -2.47. The molecule has 0 amide bonds. The largest absolute Gasteiger partial charge is 0.396 e. The SMILES string of the molecule is Cc1cccnc1CN1CC(CO)C1. The quantitative estimate of drug-likeness (QED) is 0.770. The summed E-state index contributed by atoms with van der Waals surface area (Å²) in [5.41, 5.74) is 2.41. The minimum absolute atomic E-state index is 0.317. The molecule has 0 aromatic carbocycles. The van der Waals surface area contributed by atoms with Crippen molar-refractivity contribution in [2.24, 2.45) is 5.92 Å². The Hall–Kier alpha value is -0.930. The molecule has 0 radical (unpaired) electrons. The Morgan fingerprint density at radius 3 is 3.00 bits per heavy atom. The molecular weight excluding hydrogens is 176 g/mol. The van der Waals surface area contributed by atoms with Gasteiger partial charge in [-0.3, -0.25) is 9.88 Å². The fourth-order valence-electron chi connectivity index (χ4n) is 1.82. The zero-order valence-corrected chi connectivity index (χ0v) is 8.48. The van der Waals surface area contributed by atoms with Gasteiger partial charge in [0.1, 0.15) is 0 Å². The third-order valence-corrected chi connectivity index (χ3v) is 2.78. The van der Waals surface area contributed by atoms with Gasteiger partial charge in [-0.05, 0) is 18.6 Å². The van der Waals surface area contributed by atoms with E-state index >= 15 is 0 Å². The van der Waals surface area contributed by atoms with Crippen LogP contribution in [-0.2, 0) is 6.54 Å². The molecule has 0 saturated carbocycles. The van der Waals surface area contributed by atoms with Crippen molar-refractivity contribution in [2.75, 3.05) is 19.7 Å². The summed E-state index contributed by atoms with van der Waals surface area (Å²) in [4.78, 5) is 6.66. The summed E-state index contributed by atoms with van der Waals surface area (Å²) in [5, 5.41) is 8.88. The monoisotopic (exact) mass is 192 g/mol. The summed E-state index contributed by atoms with van der Waals surface area (Å²) in [7, 11) is 0. The molecule has 76 valence electrons. The molecule has 3 heteroatoms. The van der Waals surface area contributed by atoms with Gasteiger partial charge in [-0.25, -0.2) is 0 Å². The van der Waals surface area contributed by atoms with Crippen molar-refractivity contribution < 1.29 is 5.11 Å². The van der Waals surface area contributed by atoms with Crippen LogP contribution in [0.4, 0.5) is 0 Å². The van der Waals surface area contributed by atoms with E-state index in [-0.39, 0.29) is 0 Å². The van der Waals surface area contributed by atoms with Gasteiger partial charge < -0.3 is 5.11 Å². The van der Waals surface area contributed by atoms with Gasteiger partial charge in [0.05, 0.1) is 5.69 Å². The minimum Gasteiger partial charge on any atom is -0.396 e. The van der Waals surface area contributed by atoms with Crippen LogP contribution in [0.15, 0.2) is 18.3 Å². The Morgan fingerprint density at radius 1 is 1.57 bits per heavy atom. The van der Waals surface area contributed by atoms with Crippen LogP contribution in [-0.4, -0.2) is 34.7 Å². The average Bonchev–Trinajstić information content (AvgIpc) is 2.13. The van der Waals surface area contributed by atoms with Crippen molar-refractivity contribution in [1.82, 2.24) is 9.88 Å². The number of aryl methyl sites for hydroxylation is 1. The summed E-state index contributed by atoms with van der Waals surface area (Å²) in [6.07, 6.45) is 1.84. The lowest BCUT2D eigenvalue weighted by atomic mass is 10.0. The first-order valence-corrected chi connectivity index (χ1v) is 5.03. The smallest absolute Gasteiger partial charge is 0.0573 e. The fraction of sp³-hybridized carbons (Fsp3) is 0.545. The van der Waals surface area contributed by atoms with E-state index in [0.29, 0.717) is 12.5 Å². The summed E-state index contributed by atoms with van der Waals surface area (Å²) >= 11 is 0. The Kier molecular flexibility index (Phi) is 2.79. The van der Waals surface area contributed by atoms with Crippen molar-refractivity contribution in [1.29, 1.82) is 0 Å². The first-order chi connectivity index (χ1) is 6.79. The third-order valence-electron chi connectivity index (χ3n) is 2.78. The molecular formula is C11H16N2O. The van der Waals surface area contributed by atoms with E-state index in [1.54, 1.807) is 0 Å². The number of hydrogen-bond acceptors (Lipinski definition) is 3. The van der Waals surface area contributed by atoms with Crippen molar-refractivity contribution in [2.45, 2.75) is 13.5 Å². The van der Waals surface area contributed by atoms with Crippen molar-refractivity contribution in [3.63, 3.8) is 0 Å². The molecule has 1 aliphatic rings. The van der Waals surface area contributed by atoms with Gasteiger partial charge in [0.25, 0.3) is 0 Å². The first-order valence-electron chi connectivity index (χ1n) is 5.03. The van der Waals surface area contributed by atoms with Gasteiger partial charge in [0.15, 0.2) is 0 Å². The predicted molar refractivity (Wildman–Crippen MR) is 54.8 cm³/mol. The predicted octanol–water partition coefficient (Wildman–Crippen LogP) is 0.814. The van der Waals surface area contributed by atoms with Gasteiger partial charge in [0.2, 0.25) is 0 Å². The zero-order chi connectivity index (χ0) is 9.97. The van der Waals surface area contributed by atoms with E-state index in [0.717, 1.165) is 25.3 Å². The maximum Gasteiger partial charge on any atom is 0.0573 e. The van der Waals surface area contributed by atoms with E-state index in [1.165, 1.54) is 5.56 Å². The van der Waals surface area contributed by atoms with E-state index in [1.807, 2.05) is 12.3 Å². The highest BCUT2D eigenvalue weighted by Crippen LogP contribution is 2.18. The molecule has 0 bridgehead atoms. The number of aliphatic hydroxyl groups is 1. The molecule has 0 atom stereocenters. The standard InChI is InChI=1S/C11H16N2O/c1-9-3-2-4-12-11(9)7-13-5-10(6-13)8-14/h2-4,10,14H,5-8H2,1H3. The molecule has 1 saturated heterocycles. The molecule has 14 heavy (non-hydrogen) atoms. The molecule has 0 unspecified atom stereocenters. The van der Waals surface area contributed by atoms with Crippen LogP contribution >= 0.6 is 0 Å². The van der Waals surface area contributed by atoms with Crippen molar-refractivity contribution in [3.05, 3.63) is 29.6 Å². The Labute approximate surface area is 84.4 Å². The molecule has 0 spiro atoms. The normalized spacial score (nSPS) is 18.1. The van der Waals surface area contributed by atoms with Gasteiger partial charge in [0, 0.05) is 38.4 Å². The molecule has 2 rings (SSSR count). The maximum atomic E-state index is 8.88. The van der Waals surface area contributed by atoms with E-state index in [9.17, 15) is 0 Å². The Balaban J connectivity index is 1.90. The van der Waals surface area contributed by atoms with Crippen molar-refractivity contribution in [3.8, 4) is 0 Å². The van der Waals surface area contributed by atoms with Gasteiger partial charge in [-0.15, -0.1) is 0 Å². The second-order valence-corrected chi connectivity index (χ2v) is 4.01. The summed E-state index contributed by atoms with van der Waals surface area (Å²) < 4.78 is 0. The number of nitrogens with zero attached hydrogens (tertiary/aromatic N) is 2. The molecule has 1 N–H and O–H groups in total. The van der Waals surface area contributed by atoms with Crippen LogP contribution in [0.1, 0.15) is 11.3 Å². The van der Waals surface area contributed by atoms with Gasteiger partial charge in [-0.1, -0.05) is 6.07 Å². The number of likely N-dealkylation sites (tertiary alicyclic amines) is 1. The number of aromatic nitrogens is 1. The summed E-state index contributed by atoms with van der Waals surface area (Å²) in [5.74, 6) is 0.485. The second-order valence-electron chi connectivity index (χ2n) is 4.01. The Morgan fingerprint density at radius 2 is 2.36 bits per heavy atom. The summed E-state index contributed by atoms with van der Waals surface area (Å²) in [6.45, 7) is 5.34.